The molecule has 0 fully saturated rings. The number of aliphatic imine (C=N–C) groups is 1. The van der Waals surface area contributed by atoms with Crippen LogP contribution in [0.25, 0.3) is 0 Å². The maximum Gasteiger partial charge on any atom is 0.307 e. The molecular formula is C16H26IN3O3. The van der Waals surface area contributed by atoms with Gasteiger partial charge in [-0.05, 0) is 26.0 Å². The summed E-state index contributed by atoms with van der Waals surface area (Å²) in [6, 6.07) is 7.93. The molecule has 0 heterocycles. The number of carbonyl (C=O) groups excluding carboxylic acids is 1. The van der Waals surface area contributed by atoms with Gasteiger partial charge in [-0.15, -0.1) is 24.0 Å². The second-order valence-corrected chi connectivity index (χ2v) is 4.68. The Labute approximate surface area is 155 Å². The van der Waals surface area contributed by atoms with Gasteiger partial charge in [0.1, 0.15) is 12.4 Å². The molecule has 2 N–H and O–H groups in total. The summed E-state index contributed by atoms with van der Waals surface area (Å²) in [7, 11) is 1.37. The van der Waals surface area contributed by atoms with Crippen molar-refractivity contribution in [2.75, 3.05) is 33.4 Å². The number of esters is 1. The summed E-state index contributed by atoms with van der Waals surface area (Å²) in [5.41, 5.74) is 1.21. The van der Waals surface area contributed by atoms with Crippen molar-refractivity contribution in [3.8, 4) is 5.75 Å². The zero-order valence-electron chi connectivity index (χ0n) is 13.9. The first-order valence-electron chi connectivity index (χ1n) is 7.44. The fourth-order valence-corrected chi connectivity index (χ4v) is 1.68. The first kappa shape index (κ1) is 21.5. The van der Waals surface area contributed by atoms with Crippen molar-refractivity contribution in [2.24, 2.45) is 4.99 Å². The van der Waals surface area contributed by atoms with E-state index in [-0.39, 0.29) is 36.4 Å². The Bertz CT molecular complexity index is 478. The van der Waals surface area contributed by atoms with Gasteiger partial charge in [0.15, 0.2) is 5.96 Å². The Morgan fingerprint density at radius 3 is 2.52 bits per heavy atom. The van der Waals surface area contributed by atoms with Crippen molar-refractivity contribution in [3.63, 3.8) is 0 Å². The largest absolute Gasteiger partial charge is 0.492 e. The topological polar surface area (TPSA) is 72.0 Å². The lowest BCUT2D eigenvalue weighted by Gasteiger charge is -2.12. The van der Waals surface area contributed by atoms with Crippen molar-refractivity contribution < 1.29 is 14.3 Å². The normalized spacial score (nSPS) is 10.5. The highest BCUT2D eigenvalue weighted by atomic mass is 127. The van der Waals surface area contributed by atoms with Gasteiger partial charge in [-0.25, -0.2) is 0 Å². The summed E-state index contributed by atoms with van der Waals surface area (Å²) < 4.78 is 10.2. The van der Waals surface area contributed by atoms with E-state index in [1.54, 1.807) is 0 Å². The minimum atomic E-state index is -0.262. The molecular weight excluding hydrogens is 409 g/mol. The molecule has 0 aliphatic heterocycles. The molecule has 0 amide bonds. The van der Waals surface area contributed by atoms with Crippen LogP contribution < -0.4 is 15.4 Å². The van der Waals surface area contributed by atoms with E-state index in [2.05, 4.69) is 20.4 Å². The van der Waals surface area contributed by atoms with Gasteiger partial charge in [0.25, 0.3) is 0 Å². The molecule has 0 aliphatic rings. The predicted octanol–water partition coefficient (Wildman–Crippen LogP) is 2.11. The number of ether oxygens (including phenoxy) is 2. The highest BCUT2D eigenvalue weighted by Gasteiger charge is 2.01. The molecule has 0 atom stereocenters. The number of benzene rings is 1. The van der Waals surface area contributed by atoms with Crippen LogP contribution in [-0.4, -0.2) is 45.3 Å². The second kappa shape index (κ2) is 13.0. The summed E-state index contributed by atoms with van der Waals surface area (Å²) in [6.45, 7) is 6.32. The minimum Gasteiger partial charge on any atom is -0.492 e. The standard InChI is InChI=1S/C16H25N3O3.HI/c1-4-17-16(18-10-9-15(20)21-3)19-11-12-22-14-7-5-13(2)6-8-14;/h5-8H,4,9-12H2,1-3H3,(H2,17,18,19);1H. The molecule has 1 aromatic carbocycles. The summed E-state index contributed by atoms with van der Waals surface area (Å²) in [6.07, 6.45) is 0.271. The molecule has 0 aliphatic carbocycles. The Morgan fingerprint density at radius 2 is 1.91 bits per heavy atom. The molecule has 1 aromatic rings. The molecule has 0 saturated carbocycles. The number of aryl methyl sites for hydroxylation is 1. The minimum absolute atomic E-state index is 0. The third-order valence-electron chi connectivity index (χ3n) is 2.84. The molecule has 0 spiro atoms. The van der Waals surface area contributed by atoms with Crippen LogP contribution in [0.1, 0.15) is 18.9 Å². The highest BCUT2D eigenvalue weighted by Crippen LogP contribution is 2.10. The van der Waals surface area contributed by atoms with Crippen molar-refractivity contribution in [1.29, 1.82) is 0 Å². The number of nitrogens with one attached hydrogen (secondary N) is 2. The third kappa shape index (κ3) is 9.98. The first-order chi connectivity index (χ1) is 10.7. The van der Waals surface area contributed by atoms with Gasteiger partial charge in [0.05, 0.1) is 26.6 Å². The van der Waals surface area contributed by atoms with Crippen LogP contribution in [0.15, 0.2) is 29.3 Å². The number of hydrogen-bond donors (Lipinski definition) is 2. The number of guanidine groups is 1. The number of carbonyl (C=O) groups is 1. The van der Waals surface area contributed by atoms with Gasteiger partial charge < -0.3 is 20.1 Å². The maximum atomic E-state index is 11.0. The fourth-order valence-electron chi connectivity index (χ4n) is 1.68. The van der Waals surface area contributed by atoms with Crippen LogP contribution in [0.2, 0.25) is 0 Å². The second-order valence-electron chi connectivity index (χ2n) is 4.68. The molecule has 23 heavy (non-hydrogen) atoms. The van der Waals surface area contributed by atoms with Gasteiger partial charge in [0, 0.05) is 6.54 Å². The van der Waals surface area contributed by atoms with Gasteiger partial charge in [-0.1, -0.05) is 17.7 Å². The zero-order valence-corrected chi connectivity index (χ0v) is 16.3. The van der Waals surface area contributed by atoms with E-state index in [9.17, 15) is 4.79 Å². The van der Waals surface area contributed by atoms with Crippen molar-refractivity contribution in [3.05, 3.63) is 29.8 Å². The Hall–Kier alpha value is -1.51. The Morgan fingerprint density at radius 1 is 1.22 bits per heavy atom. The lowest BCUT2D eigenvalue weighted by atomic mass is 10.2. The van der Waals surface area contributed by atoms with E-state index in [1.165, 1.54) is 12.7 Å². The number of halogens is 1. The number of rotatable bonds is 8. The van der Waals surface area contributed by atoms with E-state index < -0.39 is 0 Å². The van der Waals surface area contributed by atoms with Crippen molar-refractivity contribution in [1.82, 2.24) is 10.6 Å². The zero-order chi connectivity index (χ0) is 16.2. The van der Waals surface area contributed by atoms with Crippen LogP contribution in [0.5, 0.6) is 5.75 Å². The van der Waals surface area contributed by atoms with E-state index in [4.69, 9.17) is 4.74 Å². The van der Waals surface area contributed by atoms with Crippen LogP contribution in [0.4, 0.5) is 0 Å². The van der Waals surface area contributed by atoms with E-state index in [0.717, 1.165) is 12.3 Å². The molecule has 7 heteroatoms. The van der Waals surface area contributed by atoms with E-state index in [1.807, 2.05) is 38.1 Å². The van der Waals surface area contributed by atoms with Crippen molar-refractivity contribution in [2.45, 2.75) is 20.3 Å². The maximum absolute atomic E-state index is 11.0. The predicted molar refractivity (Wildman–Crippen MR) is 103 cm³/mol. The van der Waals surface area contributed by atoms with E-state index in [0.29, 0.717) is 25.7 Å². The molecule has 0 saturated heterocycles. The summed E-state index contributed by atoms with van der Waals surface area (Å²) in [5, 5.41) is 6.27. The summed E-state index contributed by atoms with van der Waals surface area (Å²) >= 11 is 0. The quantitative estimate of drug-likeness (QED) is 0.215. The lowest BCUT2D eigenvalue weighted by Crippen LogP contribution is -2.39. The highest BCUT2D eigenvalue weighted by molar-refractivity contribution is 14.0. The van der Waals surface area contributed by atoms with Gasteiger partial charge in [-0.3, -0.25) is 9.79 Å². The number of hydrogen-bond acceptors (Lipinski definition) is 4. The van der Waals surface area contributed by atoms with Crippen LogP contribution >= 0.6 is 24.0 Å². The SMILES string of the molecule is CCNC(=NCCC(=O)OC)NCCOc1ccc(C)cc1.I. The van der Waals surface area contributed by atoms with Crippen molar-refractivity contribution >= 4 is 35.9 Å². The lowest BCUT2D eigenvalue weighted by molar-refractivity contribution is -0.140. The molecule has 0 radical (unpaired) electrons. The fraction of sp³-hybridized carbons (Fsp3) is 0.500. The Kier molecular flexibility index (Phi) is 12.1. The molecule has 0 aromatic heterocycles. The summed E-state index contributed by atoms with van der Waals surface area (Å²) in [4.78, 5) is 15.3. The first-order valence-corrected chi connectivity index (χ1v) is 7.44. The smallest absolute Gasteiger partial charge is 0.307 e. The Balaban J connectivity index is 0.00000484. The molecule has 0 bridgehead atoms. The number of methoxy groups -OCH3 is 1. The van der Waals surface area contributed by atoms with Crippen LogP contribution in [0, 0.1) is 6.92 Å². The molecule has 6 nitrogen and oxygen atoms in total. The molecule has 1 rings (SSSR count). The average molecular weight is 435 g/mol. The van der Waals surface area contributed by atoms with Gasteiger partial charge in [0.2, 0.25) is 0 Å². The van der Waals surface area contributed by atoms with Gasteiger partial charge in [-0.2, -0.15) is 0 Å². The monoisotopic (exact) mass is 435 g/mol. The molecule has 130 valence electrons. The average Bonchev–Trinajstić information content (AvgIpc) is 2.53. The third-order valence-corrected chi connectivity index (χ3v) is 2.84. The molecule has 0 unspecified atom stereocenters. The summed E-state index contributed by atoms with van der Waals surface area (Å²) in [5.74, 6) is 1.25. The van der Waals surface area contributed by atoms with Crippen LogP contribution in [-0.2, 0) is 9.53 Å². The van der Waals surface area contributed by atoms with Gasteiger partial charge >= 0.3 is 5.97 Å². The number of nitrogens with zero attached hydrogens (tertiary/aromatic N) is 1. The van der Waals surface area contributed by atoms with E-state index >= 15 is 0 Å². The van der Waals surface area contributed by atoms with Crippen LogP contribution in [0.3, 0.4) is 0 Å².